The molecule has 1 amide bonds. The second kappa shape index (κ2) is 5.68. The molecule has 0 fully saturated rings. The fourth-order valence-corrected chi connectivity index (χ4v) is 3.01. The van der Waals surface area contributed by atoms with E-state index in [1.807, 2.05) is 0 Å². The van der Waals surface area contributed by atoms with Crippen LogP contribution in [-0.4, -0.2) is 10.8 Å². The van der Waals surface area contributed by atoms with E-state index in [0.29, 0.717) is 9.35 Å². The first-order chi connectivity index (χ1) is 8.99. The van der Waals surface area contributed by atoms with Gasteiger partial charge in [0.25, 0.3) is 11.6 Å². The van der Waals surface area contributed by atoms with Crippen molar-refractivity contribution < 1.29 is 9.72 Å². The number of hydrogen-bond donors (Lipinski definition) is 1. The third kappa shape index (κ3) is 3.12. The van der Waals surface area contributed by atoms with Crippen molar-refractivity contribution >= 4 is 56.1 Å². The van der Waals surface area contributed by atoms with Crippen LogP contribution in [0.3, 0.4) is 0 Å². The van der Waals surface area contributed by atoms with Crippen LogP contribution in [0.15, 0.2) is 34.1 Å². The van der Waals surface area contributed by atoms with Crippen LogP contribution in [0.25, 0.3) is 0 Å². The summed E-state index contributed by atoms with van der Waals surface area (Å²) >= 11 is 10.2. The lowest BCUT2D eigenvalue weighted by Crippen LogP contribution is -2.12. The Balaban J connectivity index is 2.32. The summed E-state index contributed by atoms with van der Waals surface area (Å²) in [6.45, 7) is 0. The first-order valence-electron chi connectivity index (χ1n) is 4.97. The highest BCUT2D eigenvalue weighted by atomic mass is 79.9. The quantitative estimate of drug-likeness (QED) is 0.653. The molecule has 2 rings (SSSR count). The fourth-order valence-electron chi connectivity index (χ4n) is 1.40. The maximum Gasteiger partial charge on any atom is 0.294 e. The van der Waals surface area contributed by atoms with E-state index >= 15 is 0 Å². The van der Waals surface area contributed by atoms with Crippen molar-refractivity contribution in [3.8, 4) is 0 Å². The topological polar surface area (TPSA) is 72.2 Å². The van der Waals surface area contributed by atoms with E-state index in [1.54, 1.807) is 11.4 Å². The van der Waals surface area contributed by atoms with Gasteiger partial charge in [0.2, 0.25) is 0 Å². The number of carbonyl (C=O) groups is 1. The van der Waals surface area contributed by atoms with Crippen molar-refractivity contribution in [2.24, 2.45) is 0 Å². The van der Waals surface area contributed by atoms with Crippen LogP contribution in [0.1, 0.15) is 9.67 Å². The third-order valence-electron chi connectivity index (χ3n) is 2.23. The Labute approximate surface area is 125 Å². The molecular weight excluding hydrogens is 356 g/mol. The molecule has 0 radical (unpaired) electrons. The minimum atomic E-state index is -0.592. The van der Waals surface area contributed by atoms with Crippen molar-refractivity contribution in [2.75, 3.05) is 5.32 Å². The smallest absolute Gasteiger partial charge is 0.294 e. The Bertz CT molecular complexity index is 659. The van der Waals surface area contributed by atoms with E-state index in [9.17, 15) is 14.9 Å². The summed E-state index contributed by atoms with van der Waals surface area (Å²) in [7, 11) is 0. The monoisotopic (exact) mass is 360 g/mol. The Morgan fingerprint density at radius 3 is 2.74 bits per heavy atom. The number of nitro groups is 1. The zero-order valence-electron chi connectivity index (χ0n) is 9.22. The van der Waals surface area contributed by atoms with Gasteiger partial charge < -0.3 is 5.32 Å². The summed E-state index contributed by atoms with van der Waals surface area (Å²) in [4.78, 5) is 22.7. The predicted molar refractivity (Wildman–Crippen MR) is 78.1 cm³/mol. The molecule has 0 bridgehead atoms. The molecule has 0 aliphatic carbocycles. The maximum absolute atomic E-state index is 12.0. The molecule has 1 aromatic heterocycles. The van der Waals surface area contributed by atoms with Crippen LogP contribution in [0.5, 0.6) is 0 Å². The standard InChI is InChI=1S/C11H6BrClN2O3S/c12-7-3-4-19-10(7)11(16)14-8-2-1-6(13)5-9(8)15(17)18/h1-5H,(H,14,16). The number of rotatable bonds is 3. The second-order valence-electron chi connectivity index (χ2n) is 3.47. The van der Waals surface area contributed by atoms with Gasteiger partial charge >= 0.3 is 0 Å². The molecule has 0 aliphatic rings. The number of nitrogens with one attached hydrogen (secondary N) is 1. The molecule has 19 heavy (non-hydrogen) atoms. The minimum Gasteiger partial charge on any atom is -0.315 e. The highest BCUT2D eigenvalue weighted by Crippen LogP contribution is 2.29. The van der Waals surface area contributed by atoms with Crippen molar-refractivity contribution in [3.05, 3.63) is 54.1 Å². The van der Waals surface area contributed by atoms with E-state index in [0.717, 1.165) is 0 Å². The first kappa shape index (κ1) is 14.0. The van der Waals surface area contributed by atoms with Gasteiger partial charge in [-0.15, -0.1) is 11.3 Å². The Hall–Kier alpha value is -1.44. The number of halogens is 2. The molecule has 5 nitrogen and oxygen atoms in total. The molecule has 0 saturated carbocycles. The lowest BCUT2D eigenvalue weighted by molar-refractivity contribution is -0.383. The van der Waals surface area contributed by atoms with Crippen molar-refractivity contribution in [1.82, 2.24) is 0 Å². The molecular formula is C11H6BrClN2O3S. The Morgan fingerprint density at radius 2 is 2.16 bits per heavy atom. The van der Waals surface area contributed by atoms with Gasteiger partial charge in [0.15, 0.2) is 0 Å². The van der Waals surface area contributed by atoms with Gasteiger partial charge in [-0.1, -0.05) is 11.6 Å². The van der Waals surface area contributed by atoms with Gasteiger partial charge in [0.05, 0.1) is 4.92 Å². The largest absolute Gasteiger partial charge is 0.315 e. The molecule has 1 heterocycles. The van der Waals surface area contributed by atoms with Crippen LogP contribution >= 0.6 is 38.9 Å². The summed E-state index contributed by atoms with van der Waals surface area (Å²) in [5.74, 6) is -0.410. The molecule has 0 saturated heterocycles. The zero-order chi connectivity index (χ0) is 14.0. The highest BCUT2D eigenvalue weighted by molar-refractivity contribution is 9.10. The van der Waals surface area contributed by atoms with Gasteiger partial charge in [-0.05, 0) is 39.5 Å². The van der Waals surface area contributed by atoms with Gasteiger partial charge in [0, 0.05) is 15.6 Å². The fraction of sp³-hybridized carbons (Fsp3) is 0. The number of nitro benzene ring substituents is 1. The zero-order valence-corrected chi connectivity index (χ0v) is 12.4. The Kier molecular flexibility index (Phi) is 4.18. The number of nitrogens with zero attached hydrogens (tertiary/aromatic N) is 1. The number of carbonyl (C=O) groups excluding carboxylic acids is 1. The average molecular weight is 362 g/mol. The minimum absolute atomic E-state index is 0.111. The van der Waals surface area contributed by atoms with E-state index in [4.69, 9.17) is 11.6 Å². The van der Waals surface area contributed by atoms with Crippen LogP contribution in [-0.2, 0) is 0 Å². The number of anilines is 1. The summed E-state index contributed by atoms with van der Waals surface area (Å²) in [6, 6.07) is 5.81. The molecule has 2 aromatic rings. The molecule has 0 unspecified atom stereocenters. The summed E-state index contributed by atoms with van der Waals surface area (Å²) < 4.78 is 0.645. The Morgan fingerprint density at radius 1 is 1.42 bits per heavy atom. The molecule has 8 heteroatoms. The third-order valence-corrected chi connectivity index (χ3v) is 4.30. The highest BCUT2D eigenvalue weighted by Gasteiger charge is 2.19. The molecule has 1 aromatic carbocycles. The lowest BCUT2D eigenvalue weighted by atomic mass is 10.2. The molecule has 0 aliphatic heterocycles. The second-order valence-corrected chi connectivity index (χ2v) is 5.68. The van der Waals surface area contributed by atoms with Crippen LogP contribution < -0.4 is 5.32 Å². The summed E-state index contributed by atoms with van der Waals surface area (Å²) in [6.07, 6.45) is 0. The van der Waals surface area contributed by atoms with Gasteiger partial charge in [0.1, 0.15) is 10.6 Å². The maximum atomic E-state index is 12.0. The first-order valence-corrected chi connectivity index (χ1v) is 7.02. The molecule has 98 valence electrons. The van der Waals surface area contributed by atoms with Crippen molar-refractivity contribution in [3.63, 3.8) is 0 Å². The van der Waals surface area contributed by atoms with Gasteiger partial charge in [-0.3, -0.25) is 14.9 Å². The van der Waals surface area contributed by atoms with Crippen LogP contribution in [0.4, 0.5) is 11.4 Å². The normalized spacial score (nSPS) is 10.2. The number of thiophene rings is 1. The van der Waals surface area contributed by atoms with Crippen molar-refractivity contribution in [2.45, 2.75) is 0 Å². The van der Waals surface area contributed by atoms with Crippen molar-refractivity contribution in [1.29, 1.82) is 0 Å². The van der Waals surface area contributed by atoms with E-state index < -0.39 is 10.8 Å². The average Bonchev–Trinajstić information content (AvgIpc) is 2.77. The predicted octanol–water partition coefficient (Wildman–Crippen LogP) is 4.32. The number of benzene rings is 1. The lowest BCUT2D eigenvalue weighted by Gasteiger charge is -2.05. The van der Waals surface area contributed by atoms with Gasteiger partial charge in [-0.25, -0.2) is 0 Å². The van der Waals surface area contributed by atoms with E-state index in [1.165, 1.54) is 29.5 Å². The van der Waals surface area contributed by atoms with Crippen LogP contribution in [0, 0.1) is 10.1 Å². The van der Waals surface area contributed by atoms with E-state index in [2.05, 4.69) is 21.2 Å². The summed E-state index contributed by atoms with van der Waals surface area (Å²) in [5.41, 5.74) is -0.131. The van der Waals surface area contributed by atoms with E-state index in [-0.39, 0.29) is 16.4 Å². The van der Waals surface area contributed by atoms with Crippen LogP contribution in [0.2, 0.25) is 5.02 Å². The van der Waals surface area contributed by atoms with Gasteiger partial charge in [-0.2, -0.15) is 0 Å². The molecule has 0 atom stereocenters. The SMILES string of the molecule is O=C(Nc1ccc(Cl)cc1[N+](=O)[O-])c1sccc1Br. The number of hydrogen-bond acceptors (Lipinski definition) is 4. The number of amides is 1. The molecule has 0 spiro atoms. The summed E-state index contributed by atoms with van der Waals surface area (Å²) in [5, 5.41) is 15.4. The molecule has 1 N–H and O–H groups in total.